The van der Waals surface area contributed by atoms with E-state index in [9.17, 15) is 14.0 Å². The lowest BCUT2D eigenvalue weighted by Gasteiger charge is -2.14. The van der Waals surface area contributed by atoms with Gasteiger partial charge < -0.3 is 19.4 Å². The van der Waals surface area contributed by atoms with Gasteiger partial charge in [-0.15, -0.1) is 11.3 Å². The van der Waals surface area contributed by atoms with E-state index in [1.54, 1.807) is 60.9 Å². The van der Waals surface area contributed by atoms with E-state index in [0.29, 0.717) is 22.9 Å². The number of aryl methyl sites for hydroxylation is 1. The molecule has 1 amide bonds. The van der Waals surface area contributed by atoms with Gasteiger partial charge in [0.25, 0.3) is 11.5 Å². The molecule has 2 aromatic carbocycles. The Bertz CT molecular complexity index is 1980. The Balaban J connectivity index is 1.22. The molecule has 0 aliphatic carbocycles. The van der Waals surface area contributed by atoms with Gasteiger partial charge in [-0.25, -0.2) is 9.37 Å². The van der Waals surface area contributed by atoms with Crippen LogP contribution in [0.5, 0.6) is 17.2 Å². The van der Waals surface area contributed by atoms with Crippen LogP contribution < -0.4 is 20.3 Å². The number of hydrogen-bond acceptors (Lipinski definition) is 7. The molecule has 0 bridgehead atoms. The summed E-state index contributed by atoms with van der Waals surface area (Å²) in [4.78, 5) is 36.6. The number of hydrogen-bond donors (Lipinski definition) is 1. The van der Waals surface area contributed by atoms with Crippen LogP contribution in [0.15, 0.2) is 96.4 Å². The zero-order chi connectivity index (χ0) is 29.9. The number of imidazole rings is 1. The van der Waals surface area contributed by atoms with Crippen molar-refractivity contribution in [3.8, 4) is 33.5 Å². The molecule has 0 fully saturated rings. The van der Waals surface area contributed by atoms with Crippen LogP contribution in [0.1, 0.15) is 24.2 Å². The molecule has 11 heteroatoms. The molecule has 43 heavy (non-hydrogen) atoms. The first kappa shape index (κ1) is 27.9. The van der Waals surface area contributed by atoms with Gasteiger partial charge in [0.1, 0.15) is 28.6 Å². The number of ether oxygens (including phenoxy) is 2. The van der Waals surface area contributed by atoms with Gasteiger partial charge in [-0.1, -0.05) is 0 Å². The normalized spacial score (nSPS) is 11.0. The van der Waals surface area contributed by atoms with Crippen LogP contribution >= 0.6 is 11.3 Å². The van der Waals surface area contributed by atoms with Crippen molar-refractivity contribution in [3.05, 3.63) is 113 Å². The lowest BCUT2D eigenvalue weighted by Crippen LogP contribution is -2.29. The molecule has 0 atom stereocenters. The predicted octanol–water partition coefficient (Wildman–Crippen LogP) is 6.91. The van der Waals surface area contributed by atoms with E-state index < -0.39 is 17.3 Å². The second kappa shape index (κ2) is 11.9. The highest BCUT2D eigenvalue weighted by atomic mass is 32.1. The summed E-state index contributed by atoms with van der Waals surface area (Å²) in [6, 6.07) is 17.6. The van der Waals surface area contributed by atoms with Crippen LogP contribution in [0.3, 0.4) is 0 Å². The Hall–Kier alpha value is -5.29. The van der Waals surface area contributed by atoms with Crippen LogP contribution in [-0.4, -0.2) is 31.6 Å². The monoisotopic (exact) mass is 595 g/mol. The predicted molar refractivity (Wildman–Crippen MR) is 164 cm³/mol. The SMILES string of the molecule is CCOc1ccn(-c2ccc(F)cc2)c(=O)c1C(=O)Nc1ccc(Oc2ccnc3cc(-c4cn(CC)cn4)sc23)cc1. The second-order valence-electron chi connectivity index (χ2n) is 9.44. The van der Waals surface area contributed by atoms with E-state index in [2.05, 4.69) is 22.2 Å². The molecule has 0 saturated carbocycles. The van der Waals surface area contributed by atoms with Crippen LogP contribution in [0.2, 0.25) is 0 Å². The minimum Gasteiger partial charge on any atom is -0.493 e. The van der Waals surface area contributed by atoms with Gasteiger partial charge in [0, 0.05) is 42.6 Å². The number of rotatable bonds is 9. The lowest BCUT2D eigenvalue weighted by molar-refractivity contribution is 0.102. The van der Waals surface area contributed by atoms with Gasteiger partial charge >= 0.3 is 0 Å². The number of amides is 1. The van der Waals surface area contributed by atoms with Crippen LogP contribution in [-0.2, 0) is 6.54 Å². The molecule has 0 saturated heterocycles. The van der Waals surface area contributed by atoms with Gasteiger partial charge in [0.15, 0.2) is 0 Å². The van der Waals surface area contributed by atoms with E-state index in [-0.39, 0.29) is 17.9 Å². The number of halogens is 1. The Morgan fingerprint density at radius 1 is 1.00 bits per heavy atom. The minimum atomic E-state index is -0.633. The van der Waals surface area contributed by atoms with E-state index in [1.807, 2.05) is 23.2 Å². The summed E-state index contributed by atoms with van der Waals surface area (Å²) in [6.07, 6.45) is 7.00. The van der Waals surface area contributed by atoms with Gasteiger partial charge in [-0.2, -0.15) is 0 Å². The van der Waals surface area contributed by atoms with Crippen molar-refractivity contribution < 1.29 is 18.7 Å². The molecule has 4 aromatic heterocycles. The Morgan fingerprint density at radius 2 is 1.79 bits per heavy atom. The minimum absolute atomic E-state index is 0.154. The highest BCUT2D eigenvalue weighted by Gasteiger charge is 2.20. The average molecular weight is 596 g/mol. The maximum absolute atomic E-state index is 13.4. The molecule has 0 radical (unpaired) electrons. The summed E-state index contributed by atoms with van der Waals surface area (Å²) < 4.78 is 29.4. The molecule has 0 aliphatic heterocycles. The molecule has 216 valence electrons. The number of pyridine rings is 2. The van der Waals surface area contributed by atoms with Crippen molar-refractivity contribution in [2.24, 2.45) is 0 Å². The molecule has 0 aliphatic rings. The van der Waals surface area contributed by atoms with E-state index >= 15 is 0 Å². The largest absolute Gasteiger partial charge is 0.493 e. The first-order valence-electron chi connectivity index (χ1n) is 13.6. The van der Waals surface area contributed by atoms with Crippen molar-refractivity contribution in [2.75, 3.05) is 11.9 Å². The number of fused-ring (bicyclic) bond motifs is 1. The molecule has 0 spiro atoms. The summed E-state index contributed by atoms with van der Waals surface area (Å²) in [6.45, 7) is 4.93. The maximum atomic E-state index is 13.4. The van der Waals surface area contributed by atoms with Crippen LogP contribution in [0.25, 0.3) is 26.5 Å². The quantitative estimate of drug-likeness (QED) is 0.195. The van der Waals surface area contributed by atoms with Crippen molar-refractivity contribution in [3.63, 3.8) is 0 Å². The standard InChI is InChI=1S/C32H26FN5O4S/c1-3-37-18-25(35-19-37)28-17-24-30(43-28)27(13-15-34-24)42-23-11-7-21(8-12-23)36-31(39)29-26(41-4-2)14-16-38(32(29)40)22-9-5-20(33)6-10-22/h5-19H,3-4H2,1-2H3,(H,36,39). The van der Waals surface area contributed by atoms with Crippen molar-refractivity contribution >= 4 is 33.1 Å². The molecule has 9 nitrogen and oxygen atoms in total. The number of carbonyl (C=O) groups is 1. The molecular formula is C32H26FN5O4S. The Kier molecular flexibility index (Phi) is 7.71. The summed E-state index contributed by atoms with van der Waals surface area (Å²) >= 11 is 1.55. The number of aromatic nitrogens is 4. The summed E-state index contributed by atoms with van der Waals surface area (Å²) in [5.41, 5.74) is 1.82. The summed E-state index contributed by atoms with van der Waals surface area (Å²) in [7, 11) is 0. The second-order valence-corrected chi connectivity index (χ2v) is 10.5. The maximum Gasteiger partial charge on any atom is 0.271 e. The highest BCUT2D eigenvalue weighted by molar-refractivity contribution is 7.22. The summed E-state index contributed by atoms with van der Waals surface area (Å²) in [5.74, 6) is 0.304. The highest BCUT2D eigenvalue weighted by Crippen LogP contribution is 2.38. The zero-order valence-electron chi connectivity index (χ0n) is 23.3. The van der Waals surface area contributed by atoms with Gasteiger partial charge in [0.05, 0.1) is 33.7 Å². The fraction of sp³-hybridized carbons (Fsp3) is 0.125. The van der Waals surface area contributed by atoms with Gasteiger partial charge in [-0.3, -0.25) is 19.1 Å². The third-order valence-electron chi connectivity index (χ3n) is 6.65. The number of nitrogens with one attached hydrogen (secondary N) is 1. The number of anilines is 1. The zero-order valence-corrected chi connectivity index (χ0v) is 24.1. The number of nitrogens with zero attached hydrogens (tertiary/aromatic N) is 4. The molecule has 6 rings (SSSR count). The number of benzene rings is 2. The molecule has 6 aromatic rings. The smallest absolute Gasteiger partial charge is 0.271 e. The van der Waals surface area contributed by atoms with Crippen LogP contribution in [0, 0.1) is 5.82 Å². The van der Waals surface area contributed by atoms with E-state index in [1.165, 1.54) is 35.0 Å². The van der Waals surface area contributed by atoms with Crippen molar-refractivity contribution in [2.45, 2.75) is 20.4 Å². The topological polar surface area (TPSA) is 100 Å². The average Bonchev–Trinajstić information content (AvgIpc) is 3.67. The molecule has 0 unspecified atom stereocenters. The third kappa shape index (κ3) is 5.75. The molecular weight excluding hydrogens is 569 g/mol. The first-order chi connectivity index (χ1) is 20.9. The molecule has 4 heterocycles. The Morgan fingerprint density at radius 3 is 2.51 bits per heavy atom. The van der Waals surface area contributed by atoms with Crippen molar-refractivity contribution in [1.82, 2.24) is 19.1 Å². The third-order valence-corrected chi connectivity index (χ3v) is 7.81. The van der Waals surface area contributed by atoms with Gasteiger partial charge in [0.2, 0.25) is 0 Å². The lowest BCUT2D eigenvalue weighted by atomic mass is 10.2. The van der Waals surface area contributed by atoms with E-state index in [0.717, 1.165) is 27.3 Å². The fourth-order valence-corrected chi connectivity index (χ4v) is 5.54. The fourth-order valence-electron chi connectivity index (χ4n) is 4.52. The molecule has 1 N–H and O–H groups in total. The number of thiophene rings is 1. The first-order valence-corrected chi connectivity index (χ1v) is 14.4. The Labute approximate surface area is 249 Å². The van der Waals surface area contributed by atoms with E-state index in [4.69, 9.17) is 9.47 Å². The van der Waals surface area contributed by atoms with Crippen molar-refractivity contribution in [1.29, 1.82) is 0 Å². The summed E-state index contributed by atoms with van der Waals surface area (Å²) in [5, 5.41) is 2.77. The number of carbonyl (C=O) groups excluding carboxylic acids is 1. The van der Waals surface area contributed by atoms with Crippen LogP contribution in [0.4, 0.5) is 10.1 Å². The van der Waals surface area contributed by atoms with Gasteiger partial charge in [-0.05, 0) is 74.5 Å².